The molecule has 1 heterocycles. The summed E-state index contributed by atoms with van der Waals surface area (Å²) in [5.74, 6) is 0.456. The van der Waals surface area contributed by atoms with Crippen LogP contribution in [0.25, 0.3) is 0 Å². The van der Waals surface area contributed by atoms with Crippen LogP contribution in [-0.4, -0.2) is 34.7 Å². The molecule has 0 spiro atoms. The van der Waals surface area contributed by atoms with Crippen LogP contribution in [0.4, 0.5) is 0 Å². The highest BCUT2D eigenvalue weighted by atomic mass is 32.1. The summed E-state index contributed by atoms with van der Waals surface area (Å²) in [5, 5.41) is 9.22. The molecule has 1 saturated heterocycles. The molecule has 1 fully saturated rings. The lowest BCUT2D eigenvalue weighted by Gasteiger charge is -2.37. The Balaban J connectivity index is 2.08. The largest absolute Gasteiger partial charge is 0.396 e. The fourth-order valence-electron chi connectivity index (χ4n) is 2.77. The van der Waals surface area contributed by atoms with E-state index in [0.717, 1.165) is 32.4 Å². The Hall–Kier alpha value is -0.970. The van der Waals surface area contributed by atoms with Crippen molar-refractivity contribution in [3.63, 3.8) is 0 Å². The highest BCUT2D eigenvalue weighted by molar-refractivity contribution is 7.80. The number of aliphatic hydroxyl groups excluding tert-OH is 1. The van der Waals surface area contributed by atoms with Crippen molar-refractivity contribution in [1.82, 2.24) is 4.90 Å². The van der Waals surface area contributed by atoms with E-state index in [4.69, 9.17) is 18.0 Å². The molecule has 3 N–H and O–H groups in total. The minimum atomic E-state index is 0.276. The van der Waals surface area contributed by atoms with Crippen LogP contribution in [-0.2, 0) is 0 Å². The molecule has 0 aliphatic carbocycles. The lowest BCUT2D eigenvalue weighted by atomic mass is 9.94. The summed E-state index contributed by atoms with van der Waals surface area (Å²) in [6.45, 7) is 2.32. The van der Waals surface area contributed by atoms with Gasteiger partial charge in [-0.25, -0.2) is 0 Å². The Bertz CT molecular complexity index is 402. The van der Waals surface area contributed by atoms with Crippen molar-refractivity contribution in [2.45, 2.75) is 25.3 Å². The van der Waals surface area contributed by atoms with Crippen LogP contribution in [0.3, 0.4) is 0 Å². The molecule has 0 amide bonds. The van der Waals surface area contributed by atoms with Crippen molar-refractivity contribution in [2.24, 2.45) is 11.7 Å². The van der Waals surface area contributed by atoms with Gasteiger partial charge in [-0.05, 0) is 37.4 Å². The first-order valence-electron chi connectivity index (χ1n) is 6.89. The number of aliphatic hydroxyl groups is 1. The van der Waals surface area contributed by atoms with Gasteiger partial charge in [0, 0.05) is 19.1 Å². The van der Waals surface area contributed by atoms with E-state index in [-0.39, 0.29) is 6.04 Å². The van der Waals surface area contributed by atoms with Crippen molar-refractivity contribution in [1.29, 1.82) is 0 Å². The minimum absolute atomic E-state index is 0.276. The maximum atomic E-state index is 9.22. The second kappa shape index (κ2) is 6.98. The van der Waals surface area contributed by atoms with Gasteiger partial charge in [-0.3, -0.25) is 4.90 Å². The Morgan fingerprint density at radius 1 is 1.32 bits per heavy atom. The van der Waals surface area contributed by atoms with Gasteiger partial charge >= 0.3 is 0 Å². The molecule has 1 aliphatic heterocycles. The number of likely N-dealkylation sites (tertiary alicyclic amines) is 1. The zero-order valence-electron chi connectivity index (χ0n) is 11.2. The summed E-state index contributed by atoms with van der Waals surface area (Å²) in [6.07, 6.45) is 2.83. The van der Waals surface area contributed by atoms with Crippen LogP contribution < -0.4 is 5.73 Å². The van der Waals surface area contributed by atoms with Gasteiger partial charge in [0.1, 0.15) is 0 Å². The zero-order valence-corrected chi connectivity index (χ0v) is 12.0. The van der Waals surface area contributed by atoms with Crippen LogP contribution in [0.2, 0.25) is 0 Å². The van der Waals surface area contributed by atoms with E-state index in [1.165, 1.54) is 5.56 Å². The predicted molar refractivity (Wildman–Crippen MR) is 82.0 cm³/mol. The first kappa shape index (κ1) is 14.4. The first-order chi connectivity index (χ1) is 9.20. The fraction of sp³-hybridized carbons (Fsp3) is 0.533. The standard InChI is InChI=1S/C15H22N2OS/c16-15(19)10-14(13-4-2-1-3-5-13)17-8-6-12(11-18)7-9-17/h1-5,12,14,18H,6-11H2,(H2,16,19). The number of nitrogens with two attached hydrogens (primary N) is 1. The van der Waals surface area contributed by atoms with Crippen LogP contribution in [0.1, 0.15) is 30.9 Å². The summed E-state index contributed by atoms with van der Waals surface area (Å²) >= 11 is 5.10. The molecule has 0 aromatic heterocycles. The molecule has 1 aliphatic rings. The molecular weight excluding hydrogens is 256 g/mol. The van der Waals surface area contributed by atoms with Gasteiger partial charge in [0.05, 0.1) is 4.99 Å². The summed E-state index contributed by atoms with van der Waals surface area (Å²) in [6, 6.07) is 10.7. The Morgan fingerprint density at radius 2 is 1.95 bits per heavy atom. The highest BCUT2D eigenvalue weighted by Crippen LogP contribution is 2.29. The highest BCUT2D eigenvalue weighted by Gasteiger charge is 2.26. The molecule has 2 rings (SSSR count). The molecule has 1 atom stereocenters. The van der Waals surface area contributed by atoms with Gasteiger partial charge in [-0.1, -0.05) is 42.5 Å². The number of hydrogen-bond donors (Lipinski definition) is 2. The molecule has 1 aromatic rings. The van der Waals surface area contributed by atoms with Crippen LogP contribution in [0, 0.1) is 5.92 Å². The minimum Gasteiger partial charge on any atom is -0.396 e. The van der Waals surface area contributed by atoms with E-state index in [1.54, 1.807) is 0 Å². The third kappa shape index (κ3) is 4.00. The van der Waals surface area contributed by atoms with E-state index < -0.39 is 0 Å². The maximum absolute atomic E-state index is 9.22. The molecule has 0 saturated carbocycles. The number of nitrogens with zero attached hydrogens (tertiary/aromatic N) is 1. The van der Waals surface area contributed by atoms with E-state index in [9.17, 15) is 5.11 Å². The Kier molecular flexibility index (Phi) is 5.31. The average molecular weight is 278 g/mol. The normalized spacial score (nSPS) is 19.2. The lowest BCUT2D eigenvalue weighted by molar-refractivity contribution is 0.102. The maximum Gasteiger partial charge on any atom is 0.0746 e. The van der Waals surface area contributed by atoms with Crippen molar-refractivity contribution >= 4 is 17.2 Å². The first-order valence-corrected chi connectivity index (χ1v) is 7.29. The summed E-state index contributed by atoms with van der Waals surface area (Å²) in [4.78, 5) is 3.01. The van der Waals surface area contributed by atoms with Gasteiger partial charge in [-0.15, -0.1) is 0 Å². The van der Waals surface area contributed by atoms with Gasteiger partial charge in [0.2, 0.25) is 0 Å². The fourth-order valence-corrected chi connectivity index (χ4v) is 2.93. The molecule has 0 radical (unpaired) electrons. The third-order valence-corrected chi connectivity index (χ3v) is 4.09. The third-order valence-electron chi connectivity index (χ3n) is 3.93. The predicted octanol–water partition coefficient (Wildman–Crippen LogP) is 2.11. The Labute approximate surface area is 120 Å². The zero-order chi connectivity index (χ0) is 13.7. The quantitative estimate of drug-likeness (QED) is 0.810. The van der Waals surface area contributed by atoms with Gasteiger partial charge in [-0.2, -0.15) is 0 Å². The van der Waals surface area contributed by atoms with Crippen molar-refractivity contribution < 1.29 is 5.11 Å². The second-order valence-electron chi connectivity index (χ2n) is 5.26. The number of piperidine rings is 1. The van der Waals surface area contributed by atoms with Crippen molar-refractivity contribution in [2.75, 3.05) is 19.7 Å². The number of rotatable bonds is 5. The van der Waals surface area contributed by atoms with E-state index in [1.807, 2.05) is 6.07 Å². The smallest absolute Gasteiger partial charge is 0.0746 e. The number of thiocarbonyl (C=S) groups is 1. The monoisotopic (exact) mass is 278 g/mol. The van der Waals surface area contributed by atoms with Crippen LogP contribution in [0.5, 0.6) is 0 Å². The molecule has 1 aromatic carbocycles. The second-order valence-corrected chi connectivity index (χ2v) is 5.78. The summed E-state index contributed by atoms with van der Waals surface area (Å²) < 4.78 is 0. The molecule has 104 valence electrons. The van der Waals surface area contributed by atoms with Gasteiger partial charge < -0.3 is 10.8 Å². The van der Waals surface area contributed by atoms with Crippen LogP contribution in [0.15, 0.2) is 30.3 Å². The Morgan fingerprint density at radius 3 is 2.47 bits per heavy atom. The topological polar surface area (TPSA) is 49.5 Å². The summed E-state index contributed by atoms with van der Waals surface area (Å²) in [7, 11) is 0. The van der Waals surface area contributed by atoms with Crippen LogP contribution >= 0.6 is 12.2 Å². The molecule has 0 bridgehead atoms. The molecule has 19 heavy (non-hydrogen) atoms. The number of hydrogen-bond acceptors (Lipinski definition) is 3. The molecule has 4 heteroatoms. The number of benzene rings is 1. The van der Waals surface area contributed by atoms with Crippen molar-refractivity contribution in [3.8, 4) is 0 Å². The molecule has 3 nitrogen and oxygen atoms in total. The van der Waals surface area contributed by atoms with Gasteiger partial charge in [0.15, 0.2) is 0 Å². The lowest BCUT2D eigenvalue weighted by Crippen LogP contribution is -2.39. The molecule has 1 unspecified atom stereocenters. The van der Waals surface area contributed by atoms with Gasteiger partial charge in [0.25, 0.3) is 0 Å². The molecular formula is C15H22N2OS. The van der Waals surface area contributed by atoms with E-state index in [2.05, 4.69) is 29.2 Å². The van der Waals surface area contributed by atoms with E-state index in [0.29, 0.717) is 17.5 Å². The summed E-state index contributed by atoms with van der Waals surface area (Å²) in [5.41, 5.74) is 7.03. The SMILES string of the molecule is NC(=S)CC(c1ccccc1)N1CCC(CO)CC1. The average Bonchev–Trinajstić information content (AvgIpc) is 2.46. The van der Waals surface area contributed by atoms with E-state index >= 15 is 0 Å². The van der Waals surface area contributed by atoms with Crippen molar-refractivity contribution in [3.05, 3.63) is 35.9 Å².